The number of benzene rings is 1. The Balaban J connectivity index is 1.99. The van der Waals surface area contributed by atoms with Gasteiger partial charge in [0, 0.05) is 12.6 Å². The second-order valence-electron chi connectivity index (χ2n) is 5.65. The van der Waals surface area contributed by atoms with Crippen LogP contribution in [-0.2, 0) is 6.54 Å². The molecule has 1 aromatic carbocycles. The van der Waals surface area contributed by atoms with Crippen LogP contribution in [0.5, 0.6) is 5.75 Å². The average molecular weight is 276 g/mol. The third kappa shape index (κ3) is 2.29. The number of imidazole rings is 1. The monoisotopic (exact) mass is 276 g/mol. The molecule has 1 fully saturated rings. The quantitative estimate of drug-likeness (QED) is 0.826. The Morgan fingerprint density at radius 2 is 2.21 bits per heavy atom. The first-order valence-electron chi connectivity index (χ1n) is 6.94. The molecular formula is C15H20N2OS. The molecule has 1 aliphatic carbocycles. The highest BCUT2D eigenvalue weighted by Crippen LogP contribution is 2.51. The molecule has 1 aliphatic rings. The third-order valence-corrected chi connectivity index (χ3v) is 4.53. The summed E-state index contributed by atoms with van der Waals surface area (Å²) < 4.78 is 8.34. The molecule has 2 aromatic rings. The molecule has 4 heteroatoms. The first-order valence-corrected chi connectivity index (χ1v) is 7.35. The van der Waals surface area contributed by atoms with Crippen molar-refractivity contribution in [3.05, 3.63) is 23.0 Å². The van der Waals surface area contributed by atoms with E-state index in [1.54, 1.807) is 7.11 Å². The standard InChI is InChI=1S/C15H20N2OS/c1-3-6-15(7-8-15)10-17-13-5-4-11(18-2)9-12(13)16-14(17)19/h4-5,9H,3,6-8,10H2,1-2H3,(H,16,19). The summed E-state index contributed by atoms with van der Waals surface area (Å²) in [5, 5.41) is 0. The van der Waals surface area contributed by atoms with Gasteiger partial charge >= 0.3 is 0 Å². The van der Waals surface area contributed by atoms with Crippen LogP contribution in [-0.4, -0.2) is 16.7 Å². The van der Waals surface area contributed by atoms with Gasteiger partial charge in [-0.25, -0.2) is 0 Å². The molecule has 0 aliphatic heterocycles. The van der Waals surface area contributed by atoms with E-state index in [-0.39, 0.29) is 0 Å². The Bertz CT molecular complexity index is 652. The molecule has 0 atom stereocenters. The van der Waals surface area contributed by atoms with E-state index in [2.05, 4.69) is 22.5 Å². The van der Waals surface area contributed by atoms with Crippen molar-refractivity contribution in [3.63, 3.8) is 0 Å². The average Bonchev–Trinajstić information content (AvgIpc) is 3.09. The van der Waals surface area contributed by atoms with Crippen molar-refractivity contribution < 1.29 is 4.74 Å². The number of aromatic nitrogens is 2. The highest BCUT2D eigenvalue weighted by Gasteiger charge is 2.42. The number of hydrogen-bond acceptors (Lipinski definition) is 2. The van der Waals surface area contributed by atoms with Crippen molar-refractivity contribution in [2.45, 2.75) is 39.2 Å². The number of aromatic amines is 1. The fourth-order valence-electron chi connectivity index (χ4n) is 2.96. The molecule has 0 radical (unpaired) electrons. The molecular weight excluding hydrogens is 256 g/mol. The lowest BCUT2D eigenvalue weighted by atomic mass is 10.0. The molecule has 1 N–H and O–H groups in total. The summed E-state index contributed by atoms with van der Waals surface area (Å²) in [7, 11) is 1.69. The van der Waals surface area contributed by atoms with Gasteiger partial charge in [0.25, 0.3) is 0 Å². The van der Waals surface area contributed by atoms with Crippen LogP contribution in [0.4, 0.5) is 0 Å². The Morgan fingerprint density at radius 1 is 1.42 bits per heavy atom. The van der Waals surface area contributed by atoms with Crippen LogP contribution in [0.1, 0.15) is 32.6 Å². The lowest BCUT2D eigenvalue weighted by Crippen LogP contribution is -2.11. The van der Waals surface area contributed by atoms with E-state index in [1.807, 2.05) is 12.1 Å². The molecule has 3 nitrogen and oxygen atoms in total. The van der Waals surface area contributed by atoms with Crippen LogP contribution < -0.4 is 4.74 Å². The summed E-state index contributed by atoms with van der Waals surface area (Å²) in [6.45, 7) is 3.31. The number of H-pyrrole nitrogens is 1. The summed E-state index contributed by atoms with van der Waals surface area (Å²) in [5.74, 6) is 0.866. The first kappa shape index (κ1) is 12.7. The second-order valence-corrected chi connectivity index (χ2v) is 6.04. The predicted molar refractivity (Wildman–Crippen MR) is 80.2 cm³/mol. The molecule has 1 heterocycles. The smallest absolute Gasteiger partial charge is 0.178 e. The number of rotatable bonds is 5. The van der Waals surface area contributed by atoms with E-state index in [0.717, 1.165) is 22.6 Å². The Morgan fingerprint density at radius 3 is 2.84 bits per heavy atom. The molecule has 1 aromatic heterocycles. The highest BCUT2D eigenvalue weighted by atomic mass is 32.1. The largest absolute Gasteiger partial charge is 0.497 e. The van der Waals surface area contributed by atoms with Gasteiger partial charge in [0.1, 0.15) is 5.75 Å². The summed E-state index contributed by atoms with van der Waals surface area (Å²) >= 11 is 5.48. The number of ether oxygens (including phenoxy) is 1. The Hall–Kier alpha value is -1.29. The normalized spacial score (nSPS) is 16.7. The van der Waals surface area contributed by atoms with Gasteiger partial charge in [-0.3, -0.25) is 0 Å². The van der Waals surface area contributed by atoms with Gasteiger partial charge in [0.2, 0.25) is 0 Å². The minimum atomic E-state index is 0.502. The fourth-order valence-corrected chi connectivity index (χ4v) is 3.23. The summed E-state index contributed by atoms with van der Waals surface area (Å²) in [5.41, 5.74) is 2.76. The van der Waals surface area contributed by atoms with Gasteiger partial charge in [-0.1, -0.05) is 13.3 Å². The molecule has 0 unspecified atom stereocenters. The molecule has 3 rings (SSSR count). The molecule has 0 bridgehead atoms. The van der Waals surface area contributed by atoms with Crippen molar-refractivity contribution >= 4 is 23.3 Å². The Kier molecular flexibility index (Phi) is 3.13. The second kappa shape index (κ2) is 4.67. The Labute approximate surface area is 118 Å². The summed E-state index contributed by atoms with van der Waals surface area (Å²) in [6.07, 6.45) is 5.23. The van der Waals surface area contributed by atoms with Gasteiger partial charge in [0.15, 0.2) is 4.77 Å². The van der Waals surface area contributed by atoms with Gasteiger partial charge in [-0.05, 0) is 49.0 Å². The zero-order valence-corrected chi connectivity index (χ0v) is 12.3. The molecule has 1 saturated carbocycles. The van der Waals surface area contributed by atoms with Gasteiger partial charge in [-0.2, -0.15) is 0 Å². The summed E-state index contributed by atoms with van der Waals surface area (Å²) in [4.78, 5) is 3.29. The maximum absolute atomic E-state index is 5.48. The van der Waals surface area contributed by atoms with Crippen LogP contribution in [0.15, 0.2) is 18.2 Å². The number of nitrogens with one attached hydrogen (secondary N) is 1. The SMILES string of the molecule is CCCC1(Cn2c(=S)[nH]c3cc(OC)ccc32)CC1. The first-order chi connectivity index (χ1) is 9.17. The van der Waals surface area contributed by atoms with Crippen LogP contribution >= 0.6 is 12.2 Å². The number of fused-ring (bicyclic) bond motifs is 1. The topological polar surface area (TPSA) is 29.9 Å². The molecule has 19 heavy (non-hydrogen) atoms. The molecule has 102 valence electrons. The van der Waals surface area contributed by atoms with E-state index in [1.165, 1.54) is 31.2 Å². The van der Waals surface area contributed by atoms with Gasteiger partial charge in [-0.15, -0.1) is 0 Å². The van der Waals surface area contributed by atoms with E-state index >= 15 is 0 Å². The maximum Gasteiger partial charge on any atom is 0.178 e. The van der Waals surface area contributed by atoms with E-state index < -0.39 is 0 Å². The highest BCUT2D eigenvalue weighted by molar-refractivity contribution is 7.71. The summed E-state index contributed by atoms with van der Waals surface area (Å²) in [6, 6.07) is 6.12. The van der Waals surface area contributed by atoms with Crippen molar-refractivity contribution in [2.24, 2.45) is 5.41 Å². The van der Waals surface area contributed by atoms with Gasteiger partial charge in [0.05, 0.1) is 18.1 Å². The van der Waals surface area contributed by atoms with Crippen LogP contribution in [0, 0.1) is 10.2 Å². The van der Waals surface area contributed by atoms with Crippen molar-refractivity contribution in [1.82, 2.24) is 9.55 Å². The lowest BCUT2D eigenvalue weighted by Gasteiger charge is -2.15. The fraction of sp³-hybridized carbons (Fsp3) is 0.533. The van der Waals surface area contributed by atoms with Crippen molar-refractivity contribution in [3.8, 4) is 5.75 Å². The predicted octanol–water partition coefficient (Wildman–Crippen LogP) is 4.29. The lowest BCUT2D eigenvalue weighted by molar-refractivity contribution is 0.391. The third-order valence-electron chi connectivity index (χ3n) is 4.21. The molecule has 0 spiro atoms. The van der Waals surface area contributed by atoms with Crippen LogP contribution in [0.2, 0.25) is 0 Å². The number of nitrogens with zero attached hydrogens (tertiary/aromatic N) is 1. The minimum Gasteiger partial charge on any atom is -0.497 e. The zero-order valence-electron chi connectivity index (χ0n) is 11.5. The molecule has 0 amide bonds. The number of methoxy groups -OCH3 is 1. The van der Waals surface area contributed by atoms with Crippen LogP contribution in [0.3, 0.4) is 0 Å². The zero-order chi connectivity index (χ0) is 13.5. The van der Waals surface area contributed by atoms with E-state index in [0.29, 0.717) is 5.41 Å². The number of hydrogen-bond donors (Lipinski definition) is 1. The van der Waals surface area contributed by atoms with E-state index in [9.17, 15) is 0 Å². The van der Waals surface area contributed by atoms with Gasteiger partial charge < -0.3 is 14.3 Å². The van der Waals surface area contributed by atoms with Crippen molar-refractivity contribution in [2.75, 3.05) is 7.11 Å². The van der Waals surface area contributed by atoms with Crippen molar-refractivity contribution in [1.29, 1.82) is 0 Å². The van der Waals surface area contributed by atoms with Crippen LogP contribution in [0.25, 0.3) is 11.0 Å². The molecule has 0 saturated heterocycles. The maximum atomic E-state index is 5.48. The van der Waals surface area contributed by atoms with E-state index in [4.69, 9.17) is 17.0 Å². The minimum absolute atomic E-state index is 0.502.